The van der Waals surface area contributed by atoms with Crippen molar-refractivity contribution in [3.8, 4) is 0 Å². The first kappa shape index (κ1) is 20.8. The fraction of sp³-hybridized carbons (Fsp3) is 0.636. The third-order valence-electron chi connectivity index (χ3n) is 6.60. The van der Waals surface area contributed by atoms with Gasteiger partial charge in [-0.25, -0.2) is 0 Å². The van der Waals surface area contributed by atoms with Crippen LogP contribution in [0.3, 0.4) is 0 Å². The van der Waals surface area contributed by atoms with Crippen LogP contribution in [-0.4, -0.2) is 56.6 Å². The summed E-state index contributed by atoms with van der Waals surface area (Å²) in [4.78, 5) is 27.6. The Hall–Kier alpha value is -1.92. The lowest BCUT2D eigenvalue weighted by atomic mass is 10.1. The molecule has 2 amide bonds. The minimum atomic E-state index is -0.00841. The van der Waals surface area contributed by atoms with Crippen molar-refractivity contribution >= 4 is 17.5 Å². The van der Waals surface area contributed by atoms with Gasteiger partial charge in [0.05, 0.1) is 0 Å². The number of carbonyl (C=O) groups is 2. The SMILES string of the molecule is Cc1cccc(NC(=O)C[NH+]2CC[NH+]([C@@H](C)C(=O)NC3CCCC3)CC2)c1C. The van der Waals surface area contributed by atoms with Gasteiger partial charge in [0.25, 0.3) is 11.8 Å². The lowest BCUT2D eigenvalue weighted by Gasteiger charge is -2.32. The molecule has 2 fully saturated rings. The topological polar surface area (TPSA) is 67.1 Å². The van der Waals surface area contributed by atoms with Gasteiger partial charge in [-0.2, -0.15) is 0 Å². The molecule has 1 aromatic carbocycles. The molecule has 0 radical (unpaired) electrons. The second-order valence-electron chi connectivity index (χ2n) is 8.59. The fourth-order valence-electron chi connectivity index (χ4n) is 4.42. The van der Waals surface area contributed by atoms with Crippen molar-refractivity contribution in [1.29, 1.82) is 0 Å². The van der Waals surface area contributed by atoms with Crippen LogP contribution in [0.25, 0.3) is 0 Å². The van der Waals surface area contributed by atoms with Gasteiger partial charge in [0.2, 0.25) is 0 Å². The highest BCUT2D eigenvalue weighted by Gasteiger charge is 2.32. The van der Waals surface area contributed by atoms with Crippen LogP contribution in [0.2, 0.25) is 0 Å². The van der Waals surface area contributed by atoms with Crippen LogP contribution in [0.4, 0.5) is 5.69 Å². The fourth-order valence-corrected chi connectivity index (χ4v) is 4.42. The highest BCUT2D eigenvalue weighted by molar-refractivity contribution is 5.92. The molecule has 28 heavy (non-hydrogen) atoms. The molecule has 1 heterocycles. The average Bonchev–Trinajstić information content (AvgIpc) is 3.18. The minimum Gasteiger partial charge on any atom is -0.348 e. The Morgan fingerprint density at radius 2 is 1.79 bits per heavy atom. The van der Waals surface area contributed by atoms with Gasteiger partial charge in [0.1, 0.15) is 26.2 Å². The lowest BCUT2D eigenvalue weighted by Crippen LogP contribution is -3.30. The summed E-state index contributed by atoms with van der Waals surface area (Å²) >= 11 is 0. The maximum atomic E-state index is 12.5. The second-order valence-corrected chi connectivity index (χ2v) is 8.59. The number of carbonyl (C=O) groups excluding carboxylic acids is 2. The Bertz CT molecular complexity index is 692. The van der Waals surface area contributed by atoms with E-state index in [1.165, 1.54) is 28.2 Å². The highest BCUT2D eigenvalue weighted by atomic mass is 16.2. The molecule has 154 valence electrons. The zero-order valence-electron chi connectivity index (χ0n) is 17.6. The largest absolute Gasteiger partial charge is 0.348 e. The summed E-state index contributed by atoms with van der Waals surface area (Å²) in [7, 11) is 0. The Kier molecular flexibility index (Phi) is 7.08. The molecular formula is C22H36N4O2+2. The maximum absolute atomic E-state index is 12.5. The van der Waals surface area contributed by atoms with E-state index in [0.29, 0.717) is 12.6 Å². The van der Waals surface area contributed by atoms with Gasteiger partial charge in [-0.05, 0) is 50.8 Å². The molecule has 1 aliphatic heterocycles. The molecule has 3 rings (SSSR count). The zero-order chi connectivity index (χ0) is 20.1. The Morgan fingerprint density at radius 3 is 2.46 bits per heavy atom. The van der Waals surface area contributed by atoms with Crippen LogP contribution in [0, 0.1) is 13.8 Å². The van der Waals surface area contributed by atoms with Crippen molar-refractivity contribution in [2.24, 2.45) is 0 Å². The Labute approximate surface area is 168 Å². The number of hydrogen-bond donors (Lipinski definition) is 4. The molecule has 1 aromatic rings. The average molecular weight is 389 g/mol. The zero-order valence-corrected chi connectivity index (χ0v) is 17.6. The van der Waals surface area contributed by atoms with Crippen molar-refractivity contribution in [3.05, 3.63) is 29.3 Å². The summed E-state index contributed by atoms with van der Waals surface area (Å²) in [5.41, 5.74) is 3.22. The Morgan fingerprint density at radius 1 is 1.11 bits per heavy atom. The smallest absolute Gasteiger partial charge is 0.279 e. The van der Waals surface area contributed by atoms with E-state index in [2.05, 4.69) is 23.6 Å². The van der Waals surface area contributed by atoms with Crippen molar-refractivity contribution in [2.75, 3.05) is 38.0 Å². The molecule has 0 spiro atoms. The molecule has 1 atom stereocenters. The summed E-state index contributed by atoms with van der Waals surface area (Å²) in [5, 5.41) is 6.29. The normalized spacial score (nSPS) is 24.0. The number of aryl methyl sites for hydroxylation is 1. The van der Waals surface area contributed by atoms with Crippen LogP contribution in [0.15, 0.2) is 18.2 Å². The first-order chi connectivity index (χ1) is 13.4. The number of nitrogens with one attached hydrogen (secondary N) is 4. The summed E-state index contributed by atoms with van der Waals surface area (Å²) in [6.07, 6.45) is 4.72. The number of rotatable bonds is 6. The van der Waals surface area contributed by atoms with E-state index in [1.54, 1.807) is 0 Å². The predicted octanol–water partition coefficient (Wildman–Crippen LogP) is -0.527. The molecule has 6 heteroatoms. The number of piperazine rings is 1. The van der Waals surface area contributed by atoms with E-state index in [0.717, 1.165) is 50.3 Å². The maximum Gasteiger partial charge on any atom is 0.279 e. The molecular weight excluding hydrogens is 352 g/mol. The van der Waals surface area contributed by atoms with E-state index < -0.39 is 0 Å². The van der Waals surface area contributed by atoms with Gasteiger partial charge in [-0.3, -0.25) is 9.59 Å². The molecule has 4 N–H and O–H groups in total. The number of amides is 2. The third-order valence-corrected chi connectivity index (χ3v) is 6.60. The number of benzene rings is 1. The standard InChI is InChI=1S/C22H34N4O2/c1-16-7-6-10-20(17(16)2)24-21(27)15-25-11-13-26(14-12-25)18(3)22(28)23-19-8-4-5-9-19/h6-7,10,18-19H,4-5,8-9,11-15H2,1-3H3,(H,23,28)(H,24,27)/p+2/t18-/m0/s1. The minimum absolute atomic E-state index is 0.00841. The highest BCUT2D eigenvalue weighted by Crippen LogP contribution is 2.18. The first-order valence-electron chi connectivity index (χ1n) is 10.8. The van der Waals surface area contributed by atoms with Crippen LogP contribution in [0.5, 0.6) is 0 Å². The van der Waals surface area contributed by atoms with Crippen molar-refractivity contribution in [2.45, 2.75) is 58.5 Å². The Balaban J connectivity index is 1.42. The summed E-state index contributed by atoms with van der Waals surface area (Å²) in [5.74, 6) is 0.261. The molecule has 2 aliphatic rings. The van der Waals surface area contributed by atoms with E-state index in [1.807, 2.05) is 26.0 Å². The van der Waals surface area contributed by atoms with E-state index in [-0.39, 0.29) is 17.9 Å². The van der Waals surface area contributed by atoms with Gasteiger partial charge in [0, 0.05) is 11.7 Å². The lowest BCUT2D eigenvalue weighted by molar-refractivity contribution is -1.01. The molecule has 0 unspecified atom stereocenters. The molecule has 0 aromatic heterocycles. The van der Waals surface area contributed by atoms with Crippen LogP contribution >= 0.6 is 0 Å². The van der Waals surface area contributed by atoms with Gasteiger partial charge in [0.15, 0.2) is 12.6 Å². The van der Waals surface area contributed by atoms with Gasteiger partial charge in [-0.15, -0.1) is 0 Å². The number of hydrogen-bond acceptors (Lipinski definition) is 2. The molecule has 1 aliphatic carbocycles. The van der Waals surface area contributed by atoms with E-state index >= 15 is 0 Å². The predicted molar refractivity (Wildman–Crippen MR) is 111 cm³/mol. The first-order valence-corrected chi connectivity index (χ1v) is 10.8. The van der Waals surface area contributed by atoms with E-state index in [9.17, 15) is 9.59 Å². The summed E-state index contributed by atoms with van der Waals surface area (Å²) in [6, 6.07) is 6.37. The monoisotopic (exact) mass is 388 g/mol. The van der Waals surface area contributed by atoms with Crippen LogP contribution in [0.1, 0.15) is 43.7 Å². The number of quaternary nitrogens is 2. The third kappa shape index (κ3) is 5.32. The van der Waals surface area contributed by atoms with Gasteiger partial charge in [-0.1, -0.05) is 25.0 Å². The molecule has 1 saturated heterocycles. The van der Waals surface area contributed by atoms with Gasteiger partial charge < -0.3 is 20.4 Å². The summed E-state index contributed by atoms with van der Waals surface area (Å²) in [6.45, 7) is 10.4. The quantitative estimate of drug-likeness (QED) is 0.530. The van der Waals surface area contributed by atoms with Crippen LogP contribution in [-0.2, 0) is 9.59 Å². The van der Waals surface area contributed by atoms with Crippen molar-refractivity contribution in [1.82, 2.24) is 5.32 Å². The summed E-state index contributed by atoms with van der Waals surface area (Å²) < 4.78 is 0. The second kappa shape index (κ2) is 9.52. The van der Waals surface area contributed by atoms with Gasteiger partial charge >= 0.3 is 0 Å². The number of anilines is 1. The van der Waals surface area contributed by atoms with Crippen molar-refractivity contribution < 1.29 is 19.4 Å². The molecule has 6 nitrogen and oxygen atoms in total. The van der Waals surface area contributed by atoms with Crippen molar-refractivity contribution in [3.63, 3.8) is 0 Å². The molecule has 0 bridgehead atoms. The molecule has 1 saturated carbocycles. The van der Waals surface area contributed by atoms with E-state index in [4.69, 9.17) is 0 Å². The van der Waals surface area contributed by atoms with Crippen LogP contribution < -0.4 is 20.4 Å².